The molecule has 1 aromatic rings. The summed E-state index contributed by atoms with van der Waals surface area (Å²) in [5.41, 5.74) is 0. The van der Waals surface area contributed by atoms with Gasteiger partial charge in [-0.25, -0.2) is 8.42 Å². The maximum Gasteiger partial charge on any atom is 0.241 e. The Balaban J connectivity index is 1.62. The fourth-order valence-corrected chi connectivity index (χ4v) is 4.19. The van der Waals surface area contributed by atoms with E-state index in [1.54, 1.807) is 6.07 Å². The number of sulfonamides is 1. The summed E-state index contributed by atoms with van der Waals surface area (Å²) in [4.78, 5) is 12.2. The van der Waals surface area contributed by atoms with E-state index in [0.29, 0.717) is 31.3 Å². The molecule has 2 aliphatic rings. The van der Waals surface area contributed by atoms with Gasteiger partial charge in [-0.2, -0.15) is 4.72 Å². The third-order valence-corrected chi connectivity index (χ3v) is 5.98. The summed E-state index contributed by atoms with van der Waals surface area (Å²) >= 11 is 0. The summed E-state index contributed by atoms with van der Waals surface area (Å²) < 4.78 is 38.6. The predicted octanol–water partition coefficient (Wildman–Crippen LogP) is 0.383. The Morgan fingerprint density at radius 1 is 1.27 bits per heavy atom. The summed E-state index contributed by atoms with van der Waals surface area (Å²) in [6.07, 6.45) is 2.84. The van der Waals surface area contributed by atoms with Crippen LogP contribution in [0.2, 0.25) is 0 Å². The first-order valence-electron chi connectivity index (χ1n) is 8.89. The first-order chi connectivity index (χ1) is 12.5. The minimum atomic E-state index is -3.85. The van der Waals surface area contributed by atoms with Crippen molar-refractivity contribution in [2.24, 2.45) is 0 Å². The second-order valence-electron chi connectivity index (χ2n) is 6.54. The molecule has 1 aromatic carbocycles. The number of rotatable bonds is 6. The van der Waals surface area contributed by atoms with E-state index in [1.807, 2.05) is 0 Å². The molecule has 0 spiro atoms. The van der Waals surface area contributed by atoms with Crippen LogP contribution in [0.5, 0.6) is 11.5 Å². The highest BCUT2D eigenvalue weighted by atomic mass is 32.2. The second kappa shape index (κ2) is 8.24. The molecule has 2 heterocycles. The number of carbonyl (C=O) groups excluding carboxylic acids is 1. The van der Waals surface area contributed by atoms with Gasteiger partial charge in [0.15, 0.2) is 11.5 Å². The molecule has 1 amide bonds. The Morgan fingerprint density at radius 3 is 2.77 bits per heavy atom. The van der Waals surface area contributed by atoms with E-state index in [-0.39, 0.29) is 16.8 Å². The number of amides is 1. The number of nitrogens with one attached hydrogen (secondary N) is 3. The molecule has 1 saturated heterocycles. The van der Waals surface area contributed by atoms with Crippen LogP contribution in [0, 0.1) is 0 Å². The van der Waals surface area contributed by atoms with Gasteiger partial charge in [0.2, 0.25) is 15.9 Å². The molecule has 0 aliphatic carbocycles. The van der Waals surface area contributed by atoms with Crippen molar-refractivity contribution in [2.75, 3.05) is 26.3 Å². The third kappa shape index (κ3) is 4.66. The highest BCUT2D eigenvalue weighted by Gasteiger charge is 2.24. The topological polar surface area (TPSA) is 106 Å². The molecule has 2 unspecified atom stereocenters. The van der Waals surface area contributed by atoms with Crippen LogP contribution >= 0.6 is 0 Å². The largest absolute Gasteiger partial charge is 0.490 e. The van der Waals surface area contributed by atoms with Gasteiger partial charge in [0.1, 0.15) is 0 Å². The van der Waals surface area contributed by atoms with Gasteiger partial charge in [-0.05, 0) is 38.4 Å². The van der Waals surface area contributed by atoms with E-state index in [9.17, 15) is 13.2 Å². The van der Waals surface area contributed by atoms with Crippen molar-refractivity contribution in [2.45, 2.75) is 43.2 Å². The Kier molecular flexibility index (Phi) is 6.00. The van der Waals surface area contributed by atoms with Crippen molar-refractivity contribution in [3.05, 3.63) is 18.2 Å². The molecule has 1 fully saturated rings. The Morgan fingerprint density at radius 2 is 2.04 bits per heavy atom. The molecule has 2 aliphatic heterocycles. The number of hydrogen-bond acceptors (Lipinski definition) is 6. The molecule has 2 atom stereocenters. The average molecular weight is 383 g/mol. The second-order valence-corrected chi connectivity index (χ2v) is 8.25. The highest BCUT2D eigenvalue weighted by molar-refractivity contribution is 7.89. The average Bonchev–Trinajstić information content (AvgIpc) is 3.02. The summed E-state index contributed by atoms with van der Waals surface area (Å²) in [6.45, 7) is 3.97. The van der Waals surface area contributed by atoms with Crippen molar-refractivity contribution >= 4 is 15.9 Å². The van der Waals surface area contributed by atoms with Crippen LogP contribution < -0.4 is 24.8 Å². The van der Waals surface area contributed by atoms with Crippen molar-refractivity contribution in [1.82, 2.24) is 15.4 Å². The minimum absolute atomic E-state index is 0.0406. The number of ether oxygens (including phenoxy) is 2. The van der Waals surface area contributed by atoms with Gasteiger partial charge in [-0.15, -0.1) is 0 Å². The van der Waals surface area contributed by atoms with E-state index in [0.717, 1.165) is 25.8 Å². The molecule has 0 radical (unpaired) electrons. The predicted molar refractivity (Wildman–Crippen MR) is 95.9 cm³/mol. The van der Waals surface area contributed by atoms with Crippen LogP contribution in [0.25, 0.3) is 0 Å². The third-order valence-electron chi connectivity index (χ3n) is 4.44. The zero-order valence-electron chi connectivity index (χ0n) is 14.8. The van der Waals surface area contributed by atoms with E-state index in [2.05, 4.69) is 15.4 Å². The number of fused-ring (bicyclic) bond motifs is 1. The molecule has 3 N–H and O–H groups in total. The van der Waals surface area contributed by atoms with Gasteiger partial charge in [0.05, 0.1) is 24.2 Å². The van der Waals surface area contributed by atoms with Crippen molar-refractivity contribution in [3.63, 3.8) is 0 Å². The Bertz CT molecular complexity index is 747. The van der Waals surface area contributed by atoms with Crippen LogP contribution in [0.3, 0.4) is 0 Å². The van der Waals surface area contributed by atoms with Gasteiger partial charge in [0, 0.05) is 25.1 Å². The van der Waals surface area contributed by atoms with Crippen molar-refractivity contribution in [1.29, 1.82) is 0 Å². The fraction of sp³-hybridized carbons (Fsp3) is 0.588. The molecule has 0 aromatic heterocycles. The quantitative estimate of drug-likeness (QED) is 0.656. The zero-order chi connectivity index (χ0) is 18.6. The first-order valence-corrected chi connectivity index (χ1v) is 10.4. The Hall–Kier alpha value is -1.84. The summed E-state index contributed by atoms with van der Waals surface area (Å²) in [6, 6.07) is 3.83. The Labute approximate surface area is 153 Å². The smallest absolute Gasteiger partial charge is 0.241 e. The van der Waals surface area contributed by atoms with Crippen LogP contribution in [0.4, 0.5) is 0 Å². The van der Waals surface area contributed by atoms with Crippen LogP contribution in [-0.4, -0.2) is 52.7 Å². The normalized spacial score (nSPS) is 21.0. The van der Waals surface area contributed by atoms with Crippen LogP contribution in [0.1, 0.15) is 26.2 Å². The van der Waals surface area contributed by atoms with E-state index in [4.69, 9.17) is 9.47 Å². The monoisotopic (exact) mass is 383 g/mol. The van der Waals surface area contributed by atoms with Gasteiger partial charge < -0.3 is 20.1 Å². The van der Waals surface area contributed by atoms with Gasteiger partial charge >= 0.3 is 0 Å². The zero-order valence-corrected chi connectivity index (χ0v) is 15.6. The number of benzene rings is 1. The molecule has 9 heteroatoms. The van der Waals surface area contributed by atoms with E-state index in [1.165, 1.54) is 19.1 Å². The highest BCUT2D eigenvalue weighted by Crippen LogP contribution is 2.31. The maximum absolute atomic E-state index is 12.6. The number of hydrogen-bond donors (Lipinski definition) is 3. The molecule has 144 valence electrons. The maximum atomic E-state index is 12.6. The molecular weight excluding hydrogens is 358 g/mol. The summed E-state index contributed by atoms with van der Waals surface area (Å²) in [7, 11) is -3.85. The van der Waals surface area contributed by atoms with Crippen molar-refractivity contribution < 1.29 is 22.7 Å². The van der Waals surface area contributed by atoms with Gasteiger partial charge in [-0.1, -0.05) is 0 Å². The molecule has 26 heavy (non-hydrogen) atoms. The molecular formula is C17H25N3O5S. The van der Waals surface area contributed by atoms with Gasteiger partial charge in [-0.3, -0.25) is 4.79 Å². The SMILES string of the molecule is CC(NS(=O)(=O)c1ccc2c(c1)OCCCO2)C(=O)NCC1CCCN1. The number of carbonyl (C=O) groups is 1. The molecule has 8 nitrogen and oxygen atoms in total. The lowest BCUT2D eigenvalue weighted by Crippen LogP contribution is -2.47. The molecule has 0 saturated carbocycles. The summed E-state index contributed by atoms with van der Waals surface area (Å²) in [5.74, 6) is 0.572. The lowest BCUT2D eigenvalue weighted by atomic mass is 10.2. The molecule has 3 rings (SSSR count). The summed E-state index contributed by atoms with van der Waals surface area (Å²) in [5, 5.41) is 6.06. The molecule has 0 bridgehead atoms. The first kappa shape index (κ1) is 18.9. The van der Waals surface area contributed by atoms with Crippen molar-refractivity contribution in [3.8, 4) is 11.5 Å². The minimum Gasteiger partial charge on any atom is -0.490 e. The van der Waals surface area contributed by atoms with E-state index >= 15 is 0 Å². The van der Waals surface area contributed by atoms with Gasteiger partial charge in [0.25, 0.3) is 0 Å². The fourth-order valence-electron chi connectivity index (χ4n) is 2.97. The van der Waals surface area contributed by atoms with Crippen LogP contribution in [0.15, 0.2) is 23.1 Å². The standard InChI is InChI=1S/C17H25N3O5S/c1-12(17(21)19-11-13-4-2-7-18-13)20-26(22,23)14-5-6-15-16(10-14)25-9-3-8-24-15/h5-6,10,12-13,18,20H,2-4,7-9,11H2,1H3,(H,19,21). The lowest BCUT2D eigenvalue weighted by molar-refractivity contribution is -0.122. The van der Waals surface area contributed by atoms with E-state index < -0.39 is 16.1 Å². The lowest BCUT2D eigenvalue weighted by Gasteiger charge is -2.17. The van der Waals surface area contributed by atoms with Crippen LogP contribution in [-0.2, 0) is 14.8 Å².